The molecule has 1 heterocycles. The van der Waals surface area contributed by atoms with Gasteiger partial charge in [0.2, 0.25) is 0 Å². The number of para-hydroxylation sites is 1. The maximum Gasteiger partial charge on any atom is 0.277 e. The van der Waals surface area contributed by atoms with Gasteiger partial charge in [0.15, 0.2) is 0 Å². The highest BCUT2D eigenvalue weighted by Crippen LogP contribution is 2.34. The Hall–Kier alpha value is -3.67. The lowest BCUT2D eigenvalue weighted by Gasteiger charge is -2.10. The molecule has 2 aromatic carbocycles. The predicted octanol–water partition coefficient (Wildman–Crippen LogP) is 3.99. The molecular formula is C19H14N2O4. The first-order chi connectivity index (χ1) is 12.1. The Bertz CT molecular complexity index is 953. The lowest BCUT2D eigenvalue weighted by Crippen LogP contribution is -1.96. The van der Waals surface area contributed by atoms with E-state index in [-0.39, 0.29) is 17.2 Å². The zero-order chi connectivity index (χ0) is 17.8. The lowest BCUT2D eigenvalue weighted by atomic mass is 9.95. The van der Waals surface area contributed by atoms with E-state index in [2.05, 4.69) is 4.98 Å². The van der Waals surface area contributed by atoms with Gasteiger partial charge in [0, 0.05) is 30.1 Å². The third-order valence-electron chi connectivity index (χ3n) is 3.70. The Labute approximate surface area is 143 Å². The fourth-order valence-electron chi connectivity index (χ4n) is 2.52. The molecule has 0 aliphatic heterocycles. The second-order valence-corrected chi connectivity index (χ2v) is 5.31. The normalized spacial score (nSPS) is 11.3. The van der Waals surface area contributed by atoms with Gasteiger partial charge < -0.3 is 10.2 Å². The molecule has 6 nitrogen and oxygen atoms in total. The number of nitro groups is 1. The number of nitrogens with zero attached hydrogens (tertiary/aromatic N) is 2. The van der Waals surface area contributed by atoms with E-state index in [9.17, 15) is 20.3 Å². The molecule has 0 unspecified atom stereocenters. The SMILES string of the molecule is O=[N+]([O-])c1ccccc1/C(=C/c1ccc(O)cc1O)c1ccncc1. The van der Waals surface area contributed by atoms with Gasteiger partial charge in [0.25, 0.3) is 5.69 Å². The predicted molar refractivity (Wildman–Crippen MR) is 94.1 cm³/mol. The van der Waals surface area contributed by atoms with E-state index in [4.69, 9.17) is 0 Å². The number of hydrogen-bond donors (Lipinski definition) is 2. The van der Waals surface area contributed by atoms with Crippen molar-refractivity contribution in [1.82, 2.24) is 4.98 Å². The van der Waals surface area contributed by atoms with Gasteiger partial charge in [-0.3, -0.25) is 15.1 Å². The monoisotopic (exact) mass is 334 g/mol. The molecule has 6 heteroatoms. The van der Waals surface area contributed by atoms with Crippen molar-refractivity contribution in [1.29, 1.82) is 0 Å². The molecule has 0 saturated carbocycles. The molecule has 0 aliphatic rings. The number of phenols is 2. The minimum atomic E-state index is -0.443. The van der Waals surface area contributed by atoms with Crippen molar-refractivity contribution < 1.29 is 15.1 Å². The fraction of sp³-hybridized carbons (Fsp3) is 0. The average molecular weight is 334 g/mol. The molecule has 0 spiro atoms. The molecule has 25 heavy (non-hydrogen) atoms. The topological polar surface area (TPSA) is 96.5 Å². The van der Waals surface area contributed by atoms with Crippen LogP contribution in [0.15, 0.2) is 67.0 Å². The Balaban J connectivity index is 2.25. The highest BCUT2D eigenvalue weighted by atomic mass is 16.6. The molecule has 0 amide bonds. The van der Waals surface area contributed by atoms with E-state index < -0.39 is 4.92 Å². The molecular weight excluding hydrogens is 320 g/mol. The molecule has 0 bridgehead atoms. The van der Waals surface area contributed by atoms with Crippen molar-refractivity contribution in [3.8, 4) is 11.5 Å². The third-order valence-corrected chi connectivity index (χ3v) is 3.70. The van der Waals surface area contributed by atoms with Crippen LogP contribution in [0.3, 0.4) is 0 Å². The number of aromatic nitrogens is 1. The standard InChI is InChI=1S/C19H14N2O4/c22-15-6-5-14(19(23)12-15)11-17(13-7-9-20-10-8-13)16-3-1-2-4-18(16)21(24)25/h1-12,22-23H/b17-11+. The maximum atomic E-state index is 11.4. The summed E-state index contributed by atoms with van der Waals surface area (Å²) < 4.78 is 0. The van der Waals surface area contributed by atoms with E-state index >= 15 is 0 Å². The van der Waals surface area contributed by atoms with Crippen molar-refractivity contribution >= 4 is 17.3 Å². The number of benzene rings is 2. The smallest absolute Gasteiger partial charge is 0.277 e. The van der Waals surface area contributed by atoms with Crippen molar-refractivity contribution in [3.63, 3.8) is 0 Å². The Morgan fingerprint density at radius 1 is 1.04 bits per heavy atom. The molecule has 2 N–H and O–H groups in total. The molecule has 3 rings (SSSR count). The molecule has 1 aromatic heterocycles. The van der Waals surface area contributed by atoms with Gasteiger partial charge in [-0.15, -0.1) is 0 Å². The number of phenolic OH excluding ortho intramolecular Hbond substituents is 2. The van der Waals surface area contributed by atoms with Gasteiger partial charge in [-0.05, 0) is 47.5 Å². The van der Waals surface area contributed by atoms with E-state index in [1.165, 1.54) is 18.2 Å². The van der Waals surface area contributed by atoms with E-state index in [0.29, 0.717) is 16.7 Å². The number of pyridine rings is 1. The summed E-state index contributed by atoms with van der Waals surface area (Å²) in [5.74, 6) is -0.184. The maximum absolute atomic E-state index is 11.4. The summed E-state index contributed by atoms with van der Waals surface area (Å²) >= 11 is 0. The minimum Gasteiger partial charge on any atom is -0.508 e. The molecule has 0 fully saturated rings. The minimum absolute atomic E-state index is 0.0381. The summed E-state index contributed by atoms with van der Waals surface area (Å²) in [4.78, 5) is 14.9. The van der Waals surface area contributed by atoms with Gasteiger partial charge in [-0.1, -0.05) is 12.1 Å². The van der Waals surface area contributed by atoms with Crippen LogP contribution in [0.4, 0.5) is 5.69 Å². The van der Waals surface area contributed by atoms with Crippen LogP contribution in [0.25, 0.3) is 11.6 Å². The Kier molecular flexibility index (Phi) is 4.43. The molecule has 124 valence electrons. The largest absolute Gasteiger partial charge is 0.508 e. The zero-order valence-corrected chi connectivity index (χ0v) is 13.0. The molecule has 0 saturated heterocycles. The van der Waals surface area contributed by atoms with Crippen LogP contribution >= 0.6 is 0 Å². The molecule has 3 aromatic rings. The van der Waals surface area contributed by atoms with Gasteiger partial charge in [0.05, 0.1) is 10.5 Å². The summed E-state index contributed by atoms with van der Waals surface area (Å²) in [7, 11) is 0. The van der Waals surface area contributed by atoms with E-state index in [0.717, 1.165) is 5.56 Å². The van der Waals surface area contributed by atoms with Gasteiger partial charge in [-0.2, -0.15) is 0 Å². The van der Waals surface area contributed by atoms with Gasteiger partial charge >= 0.3 is 0 Å². The summed E-state index contributed by atoms with van der Waals surface area (Å²) in [6, 6.07) is 14.1. The number of rotatable bonds is 4. The summed E-state index contributed by atoms with van der Waals surface area (Å²) in [5, 5.41) is 30.9. The highest BCUT2D eigenvalue weighted by molar-refractivity contribution is 5.94. The van der Waals surface area contributed by atoms with Crippen LogP contribution in [0.1, 0.15) is 16.7 Å². The first kappa shape index (κ1) is 16.2. The zero-order valence-electron chi connectivity index (χ0n) is 13.0. The summed E-state index contributed by atoms with van der Waals surface area (Å²) in [6.45, 7) is 0. The van der Waals surface area contributed by atoms with E-state index in [1.54, 1.807) is 54.9 Å². The van der Waals surface area contributed by atoms with Crippen molar-refractivity contribution in [2.24, 2.45) is 0 Å². The van der Waals surface area contributed by atoms with Crippen LogP contribution < -0.4 is 0 Å². The molecule has 0 radical (unpaired) electrons. The van der Waals surface area contributed by atoms with Crippen molar-refractivity contribution in [2.45, 2.75) is 0 Å². The Morgan fingerprint density at radius 2 is 1.76 bits per heavy atom. The first-order valence-electron chi connectivity index (χ1n) is 7.44. The van der Waals surface area contributed by atoms with Crippen molar-refractivity contribution in [3.05, 3.63) is 93.8 Å². The number of aromatic hydroxyl groups is 2. The first-order valence-corrected chi connectivity index (χ1v) is 7.44. The lowest BCUT2D eigenvalue weighted by molar-refractivity contribution is -0.385. The van der Waals surface area contributed by atoms with Crippen LogP contribution in [0, 0.1) is 10.1 Å². The number of hydrogen-bond acceptors (Lipinski definition) is 5. The van der Waals surface area contributed by atoms with E-state index in [1.807, 2.05) is 0 Å². The second kappa shape index (κ2) is 6.84. The highest BCUT2D eigenvalue weighted by Gasteiger charge is 2.18. The summed E-state index contributed by atoms with van der Waals surface area (Å²) in [6.07, 6.45) is 4.83. The molecule has 0 aliphatic carbocycles. The van der Waals surface area contributed by atoms with Crippen LogP contribution in [-0.2, 0) is 0 Å². The number of nitro benzene ring substituents is 1. The molecule has 0 atom stereocenters. The average Bonchev–Trinajstić information content (AvgIpc) is 2.62. The Morgan fingerprint density at radius 3 is 2.44 bits per heavy atom. The fourth-order valence-corrected chi connectivity index (χ4v) is 2.52. The quantitative estimate of drug-likeness (QED) is 0.427. The third kappa shape index (κ3) is 3.48. The van der Waals surface area contributed by atoms with Crippen molar-refractivity contribution in [2.75, 3.05) is 0 Å². The van der Waals surface area contributed by atoms with Crippen LogP contribution in [-0.4, -0.2) is 20.1 Å². The van der Waals surface area contributed by atoms with Crippen LogP contribution in [0.5, 0.6) is 11.5 Å². The van der Waals surface area contributed by atoms with Crippen LogP contribution in [0.2, 0.25) is 0 Å². The summed E-state index contributed by atoms with van der Waals surface area (Å²) in [5.41, 5.74) is 2.10. The van der Waals surface area contributed by atoms with Gasteiger partial charge in [0.1, 0.15) is 11.5 Å². The van der Waals surface area contributed by atoms with Gasteiger partial charge in [-0.25, -0.2) is 0 Å². The second-order valence-electron chi connectivity index (χ2n) is 5.31.